The highest BCUT2D eigenvalue weighted by molar-refractivity contribution is 5.81. The van der Waals surface area contributed by atoms with Gasteiger partial charge in [0.15, 0.2) is 0 Å². The Morgan fingerprint density at radius 2 is 1.58 bits per heavy atom. The molecule has 0 heterocycles. The van der Waals surface area contributed by atoms with Crippen molar-refractivity contribution in [3.05, 3.63) is 59.7 Å². The fourth-order valence-corrected chi connectivity index (χ4v) is 4.70. The second kappa shape index (κ2) is 9.25. The van der Waals surface area contributed by atoms with Crippen LogP contribution in [0.4, 0.5) is 4.79 Å². The van der Waals surface area contributed by atoms with Gasteiger partial charge in [0, 0.05) is 24.4 Å². The van der Waals surface area contributed by atoms with Crippen LogP contribution in [0.1, 0.15) is 50.2 Å². The normalized spacial score (nSPS) is 19.1. The van der Waals surface area contributed by atoms with Gasteiger partial charge in [0.1, 0.15) is 6.61 Å². The first-order chi connectivity index (χ1) is 15.7. The van der Waals surface area contributed by atoms with Crippen molar-refractivity contribution in [3.8, 4) is 11.1 Å². The lowest BCUT2D eigenvalue weighted by atomic mass is 9.79. The minimum atomic E-state index is -0.884. The Morgan fingerprint density at radius 1 is 1.00 bits per heavy atom. The Labute approximate surface area is 193 Å². The van der Waals surface area contributed by atoms with Gasteiger partial charge in [-0.2, -0.15) is 0 Å². The molecule has 2 amide bonds. The largest absolute Gasteiger partial charge is 0.481 e. The molecule has 7 heteroatoms. The third-order valence-electron chi connectivity index (χ3n) is 6.55. The summed E-state index contributed by atoms with van der Waals surface area (Å²) in [6.45, 7) is 4.18. The number of rotatable bonds is 8. The predicted molar refractivity (Wildman–Crippen MR) is 124 cm³/mol. The lowest BCUT2D eigenvalue weighted by molar-refractivity contribution is -0.139. The van der Waals surface area contributed by atoms with E-state index in [0.717, 1.165) is 11.1 Å². The molecule has 0 saturated heterocycles. The van der Waals surface area contributed by atoms with Crippen LogP contribution in [0.2, 0.25) is 0 Å². The van der Waals surface area contributed by atoms with Crippen molar-refractivity contribution < 1.29 is 24.2 Å². The van der Waals surface area contributed by atoms with Gasteiger partial charge in [-0.25, -0.2) is 4.79 Å². The van der Waals surface area contributed by atoms with Crippen LogP contribution in [-0.4, -0.2) is 42.3 Å². The maximum atomic E-state index is 12.4. The maximum Gasteiger partial charge on any atom is 0.407 e. The van der Waals surface area contributed by atoms with Gasteiger partial charge in [-0.15, -0.1) is 0 Å². The molecule has 0 unspecified atom stereocenters. The summed E-state index contributed by atoms with van der Waals surface area (Å²) < 4.78 is 5.56. The number of carboxylic acids is 1. The van der Waals surface area contributed by atoms with Crippen LogP contribution < -0.4 is 10.6 Å². The van der Waals surface area contributed by atoms with Gasteiger partial charge < -0.3 is 20.5 Å². The van der Waals surface area contributed by atoms with Gasteiger partial charge >= 0.3 is 12.1 Å². The molecule has 0 aliphatic heterocycles. The van der Waals surface area contributed by atoms with Crippen molar-refractivity contribution in [2.45, 2.75) is 45.1 Å². The van der Waals surface area contributed by atoms with Gasteiger partial charge in [0.25, 0.3) is 0 Å². The molecule has 2 aromatic rings. The van der Waals surface area contributed by atoms with Crippen LogP contribution in [-0.2, 0) is 14.3 Å². The number of hydrogen-bond donors (Lipinski definition) is 3. The van der Waals surface area contributed by atoms with Gasteiger partial charge in [0.2, 0.25) is 5.91 Å². The number of carboxylic acid groups (broad SMARTS) is 1. The Morgan fingerprint density at radius 3 is 2.15 bits per heavy atom. The third-order valence-corrected chi connectivity index (χ3v) is 6.55. The zero-order valence-corrected chi connectivity index (χ0v) is 19.0. The molecule has 0 spiro atoms. The van der Waals surface area contributed by atoms with E-state index in [1.165, 1.54) is 11.1 Å². The number of fused-ring (bicyclic) bond motifs is 3. The molecule has 4 rings (SSSR count). The number of carbonyl (C=O) groups is 3. The van der Waals surface area contributed by atoms with E-state index >= 15 is 0 Å². The fourth-order valence-electron chi connectivity index (χ4n) is 4.70. The molecular formula is C26H30N2O5. The molecule has 0 radical (unpaired) electrons. The number of ether oxygens (including phenoxy) is 1. The zero-order valence-electron chi connectivity index (χ0n) is 19.0. The highest BCUT2D eigenvalue weighted by Gasteiger charge is 2.37. The molecule has 1 fully saturated rings. The SMILES string of the molecule is CC(C)(CNC(=O)C1CC(NC(=O)OCC2c3ccccc3-c3ccccc32)C1)CC(=O)O. The summed E-state index contributed by atoms with van der Waals surface area (Å²) in [6.07, 6.45) is 0.623. The number of hydrogen-bond acceptors (Lipinski definition) is 4. The van der Waals surface area contributed by atoms with E-state index in [4.69, 9.17) is 9.84 Å². The van der Waals surface area contributed by atoms with E-state index in [1.807, 2.05) is 38.1 Å². The van der Waals surface area contributed by atoms with E-state index in [9.17, 15) is 14.4 Å². The second-order valence-corrected chi connectivity index (χ2v) is 9.79. The molecule has 7 nitrogen and oxygen atoms in total. The summed E-state index contributed by atoms with van der Waals surface area (Å²) in [5, 5.41) is 14.6. The summed E-state index contributed by atoms with van der Waals surface area (Å²) in [4.78, 5) is 35.6. The van der Waals surface area contributed by atoms with Crippen LogP contribution in [0.15, 0.2) is 48.5 Å². The van der Waals surface area contributed by atoms with Crippen molar-refractivity contribution in [2.24, 2.45) is 11.3 Å². The summed E-state index contributed by atoms with van der Waals surface area (Å²) in [5.74, 6) is -1.15. The molecule has 0 bridgehead atoms. The number of nitrogens with one attached hydrogen (secondary N) is 2. The van der Waals surface area contributed by atoms with Crippen molar-refractivity contribution in [3.63, 3.8) is 0 Å². The molecule has 1 saturated carbocycles. The number of benzene rings is 2. The van der Waals surface area contributed by atoms with Crippen LogP contribution in [0, 0.1) is 11.3 Å². The standard InChI is InChI=1S/C26H30N2O5/c1-26(2,13-23(29)30)15-27-24(31)16-11-17(12-16)28-25(32)33-14-22-20-9-5-3-7-18(20)19-8-4-6-10-21(19)22/h3-10,16-17,22H,11-15H2,1-2H3,(H,27,31)(H,28,32)(H,29,30). The fraction of sp³-hybridized carbons (Fsp3) is 0.423. The number of aliphatic carboxylic acids is 1. The minimum absolute atomic E-state index is 0.0100. The number of amides is 2. The Bertz CT molecular complexity index is 1010. The van der Waals surface area contributed by atoms with E-state index in [-0.39, 0.29) is 36.8 Å². The molecule has 2 aromatic carbocycles. The topological polar surface area (TPSA) is 105 Å². The van der Waals surface area contributed by atoms with Crippen molar-refractivity contribution in [2.75, 3.05) is 13.2 Å². The average molecular weight is 451 g/mol. The molecule has 174 valence electrons. The molecule has 33 heavy (non-hydrogen) atoms. The maximum absolute atomic E-state index is 12.4. The highest BCUT2D eigenvalue weighted by Crippen LogP contribution is 2.44. The Balaban J connectivity index is 1.22. The van der Waals surface area contributed by atoms with E-state index < -0.39 is 17.5 Å². The van der Waals surface area contributed by atoms with Crippen LogP contribution in [0.5, 0.6) is 0 Å². The van der Waals surface area contributed by atoms with Crippen LogP contribution in [0.25, 0.3) is 11.1 Å². The smallest absolute Gasteiger partial charge is 0.407 e. The molecule has 0 aromatic heterocycles. The number of alkyl carbamates (subject to hydrolysis) is 1. The molecule has 2 aliphatic rings. The summed E-state index contributed by atoms with van der Waals surface area (Å²) in [7, 11) is 0. The molecular weight excluding hydrogens is 420 g/mol. The van der Waals surface area contributed by atoms with E-state index in [2.05, 4.69) is 34.9 Å². The molecule has 2 aliphatic carbocycles. The summed E-state index contributed by atoms with van der Waals surface area (Å²) in [6, 6.07) is 16.3. The first kappa shape index (κ1) is 22.8. The first-order valence-electron chi connectivity index (χ1n) is 11.3. The third kappa shape index (κ3) is 5.18. The molecule has 0 atom stereocenters. The van der Waals surface area contributed by atoms with Crippen molar-refractivity contribution in [1.29, 1.82) is 0 Å². The zero-order chi connectivity index (χ0) is 23.6. The lowest BCUT2D eigenvalue weighted by Crippen LogP contribution is -2.50. The van der Waals surface area contributed by atoms with Crippen LogP contribution in [0.3, 0.4) is 0 Å². The molecule has 3 N–H and O–H groups in total. The minimum Gasteiger partial charge on any atom is -0.481 e. The van der Waals surface area contributed by atoms with Gasteiger partial charge in [-0.05, 0) is 40.5 Å². The summed E-state index contributed by atoms with van der Waals surface area (Å²) in [5.41, 5.74) is 4.18. The quantitative estimate of drug-likeness (QED) is 0.565. The first-order valence-corrected chi connectivity index (χ1v) is 11.3. The van der Waals surface area contributed by atoms with Crippen molar-refractivity contribution in [1.82, 2.24) is 10.6 Å². The van der Waals surface area contributed by atoms with Crippen LogP contribution >= 0.6 is 0 Å². The average Bonchev–Trinajstić information content (AvgIpc) is 3.06. The van der Waals surface area contributed by atoms with E-state index in [1.54, 1.807) is 0 Å². The Kier molecular flexibility index (Phi) is 6.40. The van der Waals surface area contributed by atoms with Gasteiger partial charge in [-0.1, -0.05) is 62.4 Å². The Hall–Kier alpha value is -3.35. The van der Waals surface area contributed by atoms with Crippen molar-refractivity contribution >= 4 is 18.0 Å². The monoisotopic (exact) mass is 450 g/mol. The predicted octanol–water partition coefficient (Wildman–Crippen LogP) is 3.92. The lowest BCUT2D eigenvalue weighted by Gasteiger charge is -2.35. The van der Waals surface area contributed by atoms with Gasteiger partial charge in [0.05, 0.1) is 6.42 Å². The van der Waals surface area contributed by atoms with Gasteiger partial charge in [-0.3, -0.25) is 9.59 Å². The second-order valence-electron chi connectivity index (χ2n) is 9.79. The van der Waals surface area contributed by atoms with E-state index in [0.29, 0.717) is 19.4 Å². The highest BCUT2D eigenvalue weighted by atomic mass is 16.5. The summed E-state index contributed by atoms with van der Waals surface area (Å²) >= 11 is 0. The number of carbonyl (C=O) groups excluding carboxylic acids is 2.